The van der Waals surface area contributed by atoms with Crippen LogP contribution in [0.1, 0.15) is 40.1 Å². The number of Topliss-reactive ketones (excluding diaryl/α,β-unsaturated/α-hetero) is 1. The normalized spacial score (nSPS) is 13.3. The summed E-state index contributed by atoms with van der Waals surface area (Å²) in [7, 11) is 0. The number of hydrogen-bond acceptors (Lipinski definition) is 6. The molecule has 4 rings (SSSR count). The van der Waals surface area contributed by atoms with Gasteiger partial charge in [-0.2, -0.15) is 0 Å². The summed E-state index contributed by atoms with van der Waals surface area (Å²) in [6.45, 7) is 3.47. The van der Waals surface area contributed by atoms with Crippen LogP contribution >= 0.6 is 11.6 Å². The van der Waals surface area contributed by atoms with Crippen LogP contribution in [-0.2, 0) is 16.0 Å². The van der Waals surface area contributed by atoms with Gasteiger partial charge in [0.25, 0.3) is 11.8 Å². The summed E-state index contributed by atoms with van der Waals surface area (Å²) >= 11 is 6.19. The Morgan fingerprint density at radius 1 is 0.857 bits per heavy atom. The van der Waals surface area contributed by atoms with Gasteiger partial charge >= 0.3 is 5.97 Å². The molecule has 0 bridgehead atoms. The van der Waals surface area contributed by atoms with Crippen LogP contribution in [0.25, 0.3) is 0 Å². The molecule has 0 saturated carbocycles. The molecule has 0 unspecified atom stereocenters. The molecule has 0 radical (unpaired) electrons. The molecule has 0 saturated heterocycles. The van der Waals surface area contributed by atoms with Crippen molar-refractivity contribution in [2.24, 2.45) is 0 Å². The number of nitrogens with one attached hydrogen (secondary N) is 1. The maximum absolute atomic E-state index is 12.9. The summed E-state index contributed by atoms with van der Waals surface area (Å²) in [5, 5.41) is 2.66. The second kappa shape index (κ2) is 9.95. The zero-order valence-corrected chi connectivity index (χ0v) is 19.8. The Kier molecular flexibility index (Phi) is 6.80. The zero-order chi connectivity index (χ0) is 25.1. The van der Waals surface area contributed by atoms with Gasteiger partial charge in [0.05, 0.1) is 11.3 Å². The number of benzene rings is 3. The Bertz CT molecular complexity index is 1340. The first-order valence-corrected chi connectivity index (χ1v) is 11.2. The number of halogens is 1. The number of amides is 2. The lowest BCUT2D eigenvalue weighted by Crippen LogP contribution is -2.32. The Morgan fingerprint density at radius 3 is 2.03 bits per heavy atom. The van der Waals surface area contributed by atoms with E-state index in [2.05, 4.69) is 5.32 Å². The molecule has 1 heterocycles. The van der Waals surface area contributed by atoms with Gasteiger partial charge in [0.2, 0.25) is 0 Å². The van der Waals surface area contributed by atoms with Crippen molar-refractivity contribution < 1.29 is 23.9 Å². The fraction of sp³-hybridized carbons (Fsp3) is 0.111. The van der Waals surface area contributed by atoms with E-state index in [0.717, 1.165) is 16.9 Å². The van der Waals surface area contributed by atoms with Gasteiger partial charge in [-0.25, -0.2) is 9.69 Å². The van der Waals surface area contributed by atoms with Crippen molar-refractivity contribution in [2.75, 3.05) is 10.2 Å². The number of rotatable bonds is 7. The van der Waals surface area contributed by atoms with Gasteiger partial charge in [0.15, 0.2) is 5.78 Å². The summed E-state index contributed by atoms with van der Waals surface area (Å²) in [5.74, 6) is -1.54. The largest absolute Gasteiger partial charge is 0.423 e. The maximum atomic E-state index is 12.9. The van der Waals surface area contributed by atoms with Crippen LogP contribution in [-0.4, -0.2) is 23.6 Å². The molecule has 176 valence electrons. The minimum Gasteiger partial charge on any atom is -0.423 e. The third kappa shape index (κ3) is 5.00. The number of carbonyl (C=O) groups is 4. The van der Waals surface area contributed by atoms with Gasteiger partial charge in [-0.05, 0) is 79.6 Å². The topological polar surface area (TPSA) is 92.8 Å². The van der Waals surface area contributed by atoms with Gasteiger partial charge in [0.1, 0.15) is 16.5 Å². The Balaban J connectivity index is 1.44. The van der Waals surface area contributed by atoms with Crippen molar-refractivity contribution in [3.8, 4) is 5.75 Å². The number of ether oxygens (including phenoxy) is 1. The molecular weight excluding hydrogens is 468 g/mol. The number of carbonyl (C=O) groups excluding carboxylic acids is 4. The molecule has 2 amide bonds. The molecule has 3 aromatic carbocycles. The van der Waals surface area contributed by atoms with Crippen molar-refractivity contribution in [1.82, 2.24) is 0 Å². The van der Waals surface area contributed by atoms with Crippen LogP contribution in [0.2, 0.25) is 0 Å². The molecule has 1 N–H and O–H groups in total. The monoisotopic (exact) mass is 488 g/mol. The lowest BCUT2D eigenvalue weighted by atomic mass is 10.1. The highest BCUT2D eigenvalue weighted by Crippen LogP contribution is 2.30. The van der Waals surface area contributed by atoms with Crippen LogP contribution in [0, 0.1) is 0 Å². The lowest BCUT2D eigenvalue weighted by molar-refractivity contribution is -0.120. The summed E-state index contributed by atoms with van der Waals surface area (Å²) < 4.78 is 5.33. The predicted octanol–water partition coefficient (Wildman–Crippen LogP) is 5.11. The number of esters is 1. The Labute approximate surface area is 207 Å². The zero-order valence-electron chi connectivity index (χ0n) is 19.0. The molecule has 1 aliphatic heterocycles. The first-order chi connectivity index (χ1) is 16.8. The first-order valence-electron chi connectivity index (χ1n) is 10.9. The standard InChI is InChI=1S/C27H21ClN2O5/c1-3-17-4-12-21(13-5-17)30-25(32)23(28)24(26(30)33)29-20-10-6-19(7-11-20)27(34)35-22-14-8-18(9-15-22)16(2)31/h4-15,29H,3H2,1-2H3. The van der Waals surface area contributed by atoms with E-state index >= 15 is 0 Å². The molecule has 0 aliphatic carbocycles. The molecular formula is C27H21ClN2O5. The van der Waals surface area contributed by atoms with Crippen molar-refractivity contribution in [2.45, 2.75) is 20.3 Å². The number of ketones is 1. The third-order valence-electron chi connectivity index (χ3n) is 5.49. The summed E-state index contributed by atoms with van der Waals surface area (Å²) in [5.41, 5.74) is 2.72. The van der Waals surface area contributed by atoms with E-state index in [1.54, 1.807) is 48.5 Å². The smallest absolute Gasteiger partial charge is 0.343 e. The lowest BCUT2D eigenvalue weighted by Gasteiger charge is -2.15. The second-order valence-electron chi connectivity index (χ2n) is 7.83. The van der Waals surface area contributed by atoms with Gasteiger partial charge in [-0.1, -0.05) is 30.7 Å². The maximum Gasteiger partial charge on any atom is 0.343 e. The number of aryl methyl sites for hydroxylation is 1. The minimum atomic E-state index is -0.612. The van der Waals surface area contributed by atoms with E-state index in [0.29, 0.717) is 22.7 Å². The van der Waals surface area contributed by atoms with Gasteiger partial charge in [-0.15, -0.1) is 0 Å². The van der Waals surface area contributed by atoms with E-state index in [1.807, 2.05) is 19.1 Å². The predicted molar refractivity (Wildman–Crippen MR) is 133 cm³/mol. The van der Waals surface area contributed by atoms with Crippen LogP contribution in [0.4, 0.5) is 11.4 Å². The molecule has 35 heavy (non-hydrogen) atoms. The SMILES string of the molecule is CCc1ccc(N2C(=O)C(Cl)=C(Nc3ccc(C(=O)Oc4ccc(C(C)=O)cc4)cc3)C2=O)cc1. The summed E-state index contributed by atoms with van der Waals surface area (Å²) in [6, 6.07) is 19.5. The molecule has 0 spiro atoms. The van der Waals surface area contributed by atoms with Gasteiger partial charge in [0, 0.05) is 11.3 Å². The molecule has 8 heteroatoms. The molecule has 1 aliphatic rings. The molecule has 0 atom stereocenters. The van der Waals surface area contributed by atoms with Crippen molar-refractivity contribution in [1.29, 1.82) is 0 Å². The van der Waals surface area contributed by atoms with Crippen molar-refractivity contribution in [3.63, 3.8) is 0 Å². The number of nitrogens with zero attached hydrogens (tertiary/aromatic N) is 1. The van der Waals surface area contributed by atoms with Crippen LogP contribution in [0.15, 0.2) is 83.5 Å². The highest BCUT2D eigenvalue weighted by molar-refractivity contribution is 6.53. The highest BCUT2D eigenvalue weighted by Gasteiger charge is 2.38. The number of imide groups is 1. The summed E-state index contributed by atoms with van der Waals surface area (Å²) in [4.78, 5) is 50.4. The number of hydrogen-bond donors (Lipinski definition) is 1. The van der Waals surface area contributed by atoms with E-state index < -0.39 is 17.8 Å². The van der Waals surface area contributed by atoms with Crippen LogP contribution in [0.3, 0.4) is 0 Å². The van der Waals surface area contributed by atoms with Crippen molar-refractivity contribution in [3.05, 3.63) is 100 Å². The van der Waals surface area contributed by atoms with E-state index in [9.17, 15) is 19.2 Å². The Hall–Kier alpha value is -4.23. The van der Waals surface area contributed by atoms with E-state index in [4.69, 9.17) is 16.3 Å². The average Bonchev–Trinajstić information content (AvgIpc) is 3.07. The van der Waals surface area contributed by atoms with Gasteiger partial charge in [-0.3, -0.25) is 14.4 Å². The van der Waals surface area contributed by atoms with Crippen LogP contribution in [0.5, 0.6) is 5.75 Å². The number of anilines is 2. The fourth-order valence-electron chi connectivity index (χ4n) is 3.48. The van der Waals surface area contributed by atoms with Gasteiger partial charge < -0.3 is 10.1 Å². The molecule has 0 fully saturated rings. The average molecular weight is 489 g/mol. The third-order valence-corrected chi connectivity index (χ3v) is 5.84. The van der Waals surface area contributed by atoms with E-state index in [1.165, 1.54) is 19.1 Å². The minimum absolute atomic E-state index is 0.0443. The fourth-order valence-corrected chi connectivity index (χ4v) is 3.70. The van der Waals surface area contributed by atoms with E-state index in [-0.39, 0.29) is 22.1 Å². The molecule has 0 aromatic heterocycles. The molecule has 3 aromatic rings. The first kappa shape index (κ1) is 23.9. The quantitative estimate of drug-likeness (QED) is 0.215. The summed E-state index contributed by atoms with van der Waals surface area (Å²) in [6.07, 6.45) is 0.837. The highest BCUT2D eigenvalue weighted by atomic mass is 35.5. The molecule has 7 nitrogen and oxygen atoms in total. The van der Waals surface area contributed by atoms with Crippen molar-refractivity contribution >= 4 is 46.5 Å². The Morgan fingerprint density at radius 2 is 1.46 bits per heavy atom. The van der Waals surface area contributed by atoms with Crippen LogP contribution < -0.4 is 15.0 Å². The second-order valence-corrected chi connectivity index (χ2v) is 8.21.